The van der Waals surface area contributed by atoms with Crippen LogP contribution in [-0.2, 0) is 21.1 Å². The summed E-state index contributed by atoms with van der Waals surface area (Å²) < 4.78 is 6.87. The van der Waals surface area contributed by atoms with E-state index in [2.05, 4.69) is 92.4 Å². The van der Waals surface area contributed by atoms with E-state index in [1.54, 1.807) is 0 Å². The van der Waals surface area contributed by atoms with Crippen LogP contribution in [-0.4, -0.2) is 13.7 Å². The fourth-order valence-electron chi connectivity index (χ4n) is 3.24. The lowest BCUT2D eigenvalue weighted by Crippen LogP contribution is -2.33. The summed E-state index contributed by atoms with van der Waals surface area (Å²) in [5, 5.41) is 0. The fraction of sp³-hybridized carbons (Fsp3) is 0.333. The first-order valence-electron chi connectivity index (χ1n) is 7.57. The van der Waals surface area contributed by atoms with Crippen LogP contribution < -0.4 is 16.3 Å². The van der Waals surface area contributed by atoms with Crippen molar-refractivity contribution in [1.82, 2.24) is 13.7 Å². The third kappa shape index (κ3) is 2.24. The Bertz CT molecular complexity index is 651. The van der Waals surface area contributed by atoms with Gasteiger partial charge in [0.1, 0.15) is 0 Å². The Balaban J connectivity index is 2.34. The molecule has 116 valence electrons. The summed E-state index contributed by atoms with van der Waals surface area (Å²) >= 11 is 0. The number of aryl methyl sites for hydroxylation is 6. The molecule has 0 bridgehead atoms. The second-order valence-corrected chi connectivity index (χ2v) is 8.08. The van der Waals surface area contributed by atoms with Crippen LogP contribution in [0.1, 0.15) is 16.7 Å². The Morgan fingerprint density at radius 3 is 1.05 bits per heavy atom. The molecule has 4 heteroatoms. The van der Waals surface area contributed by atoms with Crippen LogP contribution >= 0.6 is 7.92 Å². The average Bonchev–Trinajstić information content (AvgIpc) is 3.08. The summed E-state index contributed by atoms with van der Waals surface area (Å²) in [4.78, 5) is 0. The predicted octanol–water partition coefficient (Wildman–Crippen LogP) is 2.39. The molecule has 3 heterocycles. The molecule has 0 unspecified atom stereocenters. The highest BCUT2D eigenvalue weighted by molar-refractivity contribution is 7.79. The van der Waals surface area contributed by atoms with Gasteiger partial charge in [0.05, 0.1) is 16.3 Å². The third-order valence-corrected chi connectivity index (χ3v) is 7.62. The topological polar surface area (TPSA) is 14.8 Å². The first kappa shape index (κ1) is 15.2. The molecule has 22 heavy (non-hydrogen) atoms. The standard InChI is InChI=1S/C18H24N3P/c1-13-7-10-19(4)16(13)22(17-14(2)8-11-20(17)5)18-15(3)9-12-21(18)6/h7-12H,1-6H3. The molecule has 3 nitrogen and oxygen atoms in total. The van der Waals surface area contributed by atoms with E-state index in [4.69, 9.17) is 0 Å². The van der Waals surface area contributed by atoms with Crippen LogP contribution in [0.4, 0.5) is 0 Å². The minimum Gasteiger partial charge on any atom is -0.350 e. The third-order valence-electron chi connectivity index (χ3n) is 4.34. The van der Waals surface area contributed by atoms with Gasteiger partial charge in [-0.2, -0.15) is 0 Å². The molecule has 3 rings (SSSR count). The molecule has 0 spiro atoms. The average molecular weight is 313 g/mol. The van der Waals surface area contributed by atoms with E-state index >= 15 is 0 Å². The van der Waals surface area contributed by atoms with E-state index in [0.717, 1.165) is 0 Å². The van der Waals surface area contributed by atoms with Crippen LogP contribution in [0.5, 0.6) is 0 Å². The summed E-state index contributed by atoms with van der Waals surface area (Å²) in [7, 11) is 5.91. The fourth-order valence-corrected chi connectivity index (χ4v) is 6.27. The first-order valence-corrected chi connectivity index (χ1v) is 8.92. The molecule has 0 N–H and O–H groups in total. The lowest BCUT2D eigenvalue weighted by Gasteiger charge is -2.24. The number of nitrogens with zero attached hydrogens (tertiary/aromatic N) is 3. The summed E-state index contributed by atoms with van der Waals surface area (Å²) in [5.41, 5.74) is 8.42. The van der Waals surface area contributed by atoms with Crippen molar-refractivity contribution in [3.63, 3.8) is 0 Å². The van der Waals surface area contributed by atoms with Gasteiger partial charge in [0.15, 0.2) is 0 Å². The van der Waals surface area contributed by atoms with Crippen molar-refractivity contribution in [2.24, 2.45) is 21.1 Å². The number of rotatable bonds is 3. The van der Waals surface area contributed by atoms with E-state index in [0.29, 0.717) is 0 Å². The maximum absolute atomic E-state index is 2.29. The Morgan fingerprint density at radius 2 is 0.864 bits per heavy atom. The van der Waals surface area contributed by atoms with Crippen molar-refractivity contribution in [3.05, 3.63) is 53.5 Å². The maximum Gasteiger partial charge on any atom is 0.0559 e. The van der Waals surface area contributed by atoms with E-state index in [9.17, 15) is 0 Å². The van der Waals surface area contributed by atoms with E-state index in [1.165, 1.54) is 33.0 Å². The van der Waals surface area contributed by atoms with Crippen LogP contribution in [0.15, 0.2) is 36.8 Å². The van der Waals surface area contributed by atoms with Gasteiger partial charge in [-0.3, -0.25) is 0 Å². The number of hydrogen-bond donors (Lipinski definition) is 0. The van der Waals surface area contributed by atoms with Crippen molar-refractivity contribution >= 4 is 24.2 Å². The first-order chi connectivity index (χ1) is 10.4. The van der Waals surface area contributed by atoms with Gasteiger partial charge >= 0.3 is 0 Å². The Hall–Kier alpha value is -1.73. The van der Waals surface area contributed by atoms with Crippen molar-refractivity contribution in [3.8, 4) is 0 Å². The normalized spacial score (nSPS) is 11.6. The van der Waals surface area contributed by atoms with Gasteiger partial charge in [0.2, 0.25) is 0 Å². The van der Waals surface area contributed by atoms with Crippen LogP contribution in [0.3, 0.4) is 0 Å². The minimum absolute atomic E-state index is 0.571. The second kappa shape index (κ2) is 5.48. The zero-order chi connectivity index (χ0) is 16.0. The van der Waals surface area contributed by atoms with Gasteiger partial charge in [-0.1, -0.05) is 0 Å². The Kier molecular flexibility index (Phi) is 3.78. The summed E-state index contributed by atoms with van der Waals surface area (Å²) in [6.07, 6.45) is 6.53. The highest BCUT2D eigenvalue weighted by Crippen LogP contribution is 2.36. The molecule has 0 fully saturated rings. The summed E-state index contributed by atoms with van der Waals surface area (Å²) in [5.74, 6) is 0. The van der Waals surface area contributed by atoms with Crippen LogP contribution in [0, 0.1) is 20.8 Å². The second-order valence-electron chi connectivity index (χ2n) is 6.14. The quantitative estimate of drug-likeness (QED) is 0.660. The largest absolute Gasteiger partial charge is 0.350 e. The molecule has 3 aromatic rings. The molecule has 0 aromatic carbocycles. The van der Waals surface area contributed by atoms with Crippen molar-refractivity contribution < 1.29 is 0 Å². The zero-order valence-corrected chi connectivity index (χ0v) is 15.1. The lowest BCUT2D eigenvalue weighted by molar-refractivity contribution is 0.939. The highest BCUT2D eigenvalue weighted by Gasteiger charge is 2.28. The molecule has 0 radical (unpaired) electrons. The van der Waals surface area contributed by atoms with Gasteiger partial charge in [0.25, 0.3) is 0 Å². The molecule has 0 amide bonds. The molecule has 3 aromatic heterocycles. The molecule has 0 aliphatic rings. The van der Waals surface area contributed by atoms with Gasteiger partial charge < -0.3 is 13.7 Å². The zero-order valence-electron chi connectivity index (χ0n) is 14.3. The van der Waals surface area contributed by atoms with Crippen molar-refractivity contribution in [2.45, 2.75) is 20.8 Å². The minimum atomic E-state index is -0.571. The Morgan fingerprint density at radius 1 is 0.591 bits per heavy atom. The maximum atomic E-state index is 2.29. The lowest BCUT2D eigenvalue weighted by atomic mass is 10.4. The van der Waals surface area contributed by atoms with Crippen molar-refractivity contribution in [2.75, 3.05) is 0 Å². The SMILES string of the molecule is Cc1ccn(C)c1P(c1c(C)ccn1C)c1c(C)ccn1C. The molecule has 0 aliphatic carbocycles. The molecule has 0 atom stereocenters. The smallest absolute Gasteiger partial charge is 0.0559 e. The van der Waals surface area contributed by atoms with E-state index in [-0.39, 0.29) is 0 Å². The summed E-state index contributed by atoms with van der Waals surface area (Å²) in [6, 6.07) is 6.67. The molecule has 0 aliphatic heterocycles. The van der Waals surface area contributed by atoms with Crippen LogP contribution in [0.2, 0.25) is 0 Å². The molecular formula is C18H24N3P. The summed E-state index contributed by atoms with van der Waals surface area (Å²) in [6.45, 7) is 6.67. The van der Waals surface area contributed by atoms with E-state index in [1.807, 2.05) is 0 Å². The van der Waals surface area contributed by atoms with E-state index < -0.39 is 7.92 Å². The monoisotopic (exact) mass is 313 g/mol. The van der Waals surface area contributed by atoms with Gasteiger partial charge in [0, 0.05) is 47.7 Å². The van der Waals surface area contributed by atoms with Crippen LogP contribution in [0.25, 0.3) is 0 Å². The number of hydrogen-bond acceptors (Lipinski definition) is 0. The Labute approximate surface area is 133 Å². The van der Waals surface area contributed by atoms with Crippen molar-refractivity contribution in [1.29, 1.82) is 0 Å². The highest BCUT2D eigenvalue weighted by atomic mass is 31.1. The molecule has 0 saturated carbocycles. The van der Waals surface area contributed by atoms with Gasteiger partial charge in [-0.15, -0.1) is 0 Å². The molecular weight excluding hydrogens is 289 g/mol. The molecule has 0 saturated heterocycles. The van der Waals surface area contributed by atoms with Gasteiger partial charge in [-0.05, 0) is 55.7 Å². The van der Waals surface area contributed by atoms with Gasteiger partial charge in [-0.25, -0.2) is 0 Å². The number of aromatic nitrogens is 3. The predicted molar refractivity (Wildman–Crippen MR) is 96.3 cm³/mol.